The van der Waals surface area contributed by atoms with E-state index in [0.717, 1.165) is 0 Å². The van der Waals surface area contributed by atoms with Crippen molar-refractivity contribution in [1.29, 1.82) is 0 Å². The van der Waals surface area contributed by atoms with Gasteiger partial charge in [-0.05, 0) is 36.4 Å². The highest BCUT2D eigenvalue weighted by Crippen LogP contribution is 2.28. The molecule has 5 heteroatoms. The Kier molecular flexibility index (Phi) is 3.98. The minimum absolute atomic E-state index is 0.281. The minimum atomic E-state index is -0.281. The van der Waals surface area contributed by atoms with Gasteiger partial charge in [-0.3, -0.25) is 4.79 Å². The maximum atomic E-state index is 12.5. The Labute approximate surface area is 120 Å². The monoisotopic (exact) mass is 295 g/mol. The molecule has 0 aliphatic carbocycles. The van der Waals surface area contributed by atoms with Crippen molar-refractivity contribution in [3.63, 3.8) is 0 Å². The van der Waals surface area contributed by atoms with Crippen molar-refractivity contribution in [3.8, 4) is 5.75 Å². The fraction of sp³-hybridized carbons (Fsp3) is 0.0714. The molecule has 2 rings (SSSR count). The molecule has 0 unspecified atom stereocenters. The third-order valence-electron chi connectivity index (χ3n) is 2.64. The summed E-state index contributed by atoms with van der Waals surface area (Å²) in [6, 6.07) is 9.58. The molecule has 0 aromatic heterocycles. The van der Waals surface area contributed by atoms with Crippen LogP contribution < -0.4 is 10.5 Å². The normalized spacial score (nSPS) is 10.3. The number of methoxy groups -OCH3 is 1. The highest BCUT2D eigenvalue weighted by Gasteiger charge is 2.18. The molecular formula is C14H11Cl2NO2. The average Bonchev–Trinajstić information content (AvgIpc) is 2.40. The first-order valence-corrected chi connectivity index (χ1v) is 6.22. The zero-order chi connectivity index (χ0) is 14.0. The van der Waals surface area contributed by atoms with E-state index in [-0.39, 0.29) is 5.78 Å². The topological polar surface area (TPSA) is 52.3 Å². The SMILES string of the molecule is COc1ccc(N)cc1C(=O)c1cc(Cl)ccc1Cl. The van der Waals surface area contributed by atoms with Crippen molar-refractivity contribution >= 4 is 34.7 Å². The van der Waals surface area contributed by atoms with Crippen LogP contribution in [0, 0.1) is 0 Å². The standard InChI is InChI=1S/C14H11Cl2NO2/c1-19-13-5-3-9(17)7-11(13)14(18)10-6-8(15)2-4-12(10)16/h2-7H,17H2,1H3. The lowest BCUT2D eigenvalue weighted by molar-refractivity contribution is 0.103. The van der Waals surface area contributed by atoms with Crippen molar-refractivity contribution < 1.29 is 9.53 Å². The van der Waals surface area contributed by atoms with Crippen LogP contribution in [-0.4, -0.2) is 12.9 Å². The first-order valence-electron chi connectivity index (χ1n) is 5.46. The second-order valence-corrected chi connectivity index (χ2v) is 4.76. The van der Waals surface area contributed by atoms with E-state index < -0.39 is 0 Å². The molecule has 0 aliphatic rings. The molecule has 0 radical (unpaired) electrons. The Bertz CT molecular complexity index is 641. The Morgan fingerprint density at radius 3 is 2.53 bits per heavy atom. The largest absolute Gasteiger partial charge is 0.496 e. The van der Waals surface area contributed by atoms with Crippen LogP contribution in [0.15, 0.2) is 36.4 Å². The van der Waals surface area contributed by atoms with E-state index in [4.69, 9.17) is 33.7 Å². The molecule has 0 amide bonds. The number of benzene rings is 2. The van der Waals surface area contributed by atoms with Gasteiger partial charge in [-0.2, -0.15) is 0 Å². The Morgan fingerprint density at radius 2 is 1.84 bits per heavy atom. The number of ketones is 1. The molecule has 0 aliphatic heterocycles. The van der Waals surface area contributed by atoms with Crippen LogP contribution in [0.4, 0.5) is 5.69 Å². The number of carbonyl (C=O) groups is 1. The summed E-state index contributed by atoms with van der Waals surface area (Å²) < 4.78 is 5.16. The number of carbonyl (C=O) groups excluding carboxylic acids is 1. The van der Waals surface area contributed by atoms with E-state index >= 15 is 0 Å². The van der Waals surface area contributed by atoms with E-state index in [1.807, 2.05) is 0 Å². The third kappa shape index (κ3) is 2.83. The van der Waals surface area contributed by atoms with Gasteiger partial charge < -0.3 is 10.5 Å². The van der Waals surface area contributed by atoms with Crippen molar-refractivity contribution in [2.75, 3.05) is 12.8 Å². The Balaban J connectivity index is 2.55. The van der Waals surface area contributed by atoms with Crippen LogP contribution in [0.25, 0.3) is 0 Å². The van der Waals surface area contributed by atoms with Crippen LogP contribution in [-0.2, 0) is 0 Å². The van der Waals surface area contributed by atoms with Crippen LogP contribution in [0.3, 0.4) is 0 Å². The smallest absolute Gasteiger partial charge is 0.198 e. The predicted octanol–water partition coefficient (Wildman–Crippen LogP) is 3.82. The quantitative estimate of drug-likeness (QED) is 0.692. The lowest BCUT2D eigenvalue weighted by Gasteiger charge is -2.09. The van der Waals surface area contributed by atoms with E-state index in [2.05, 4.69) is 0 Å². The molecular weight excluding hydrogens is 285 g/mol. The minimum Gasteiger partial charge on any atom is -0.496 e. The molecule has 3 nitrogen and oxygen atoms in total. The number of rotatable bonds is 3. The summed E-state index contributed by atoms with van der Waals surface area (Å²) in [5.41, 5.74) is 6.84. The highest BCUT2D eigenvalue weighted by atomic mass is 35.5. The second kappa shape index (κ2) is 5.51. The van der Waals surface area contributed by atoms with Gasteiger partial charge in [-0.1, -0.05) is 23.2 Å². The molecule has 19 heavy (non-hydrogen) atoms. The lowest BCUT2D eigenvalue weighted by atomic mass is 10.0. The predicted molar refractivity (Wildman–Crippen MR) is 77.3 cm³/mol. The summed E-state index contributed by atoms with van der Waals surface area (Å²) in [5, 5.41) is 0.773. The molecule has 0 saturated heterocycles. The number of nitrogen functional groups attached to an aromatic ring is 1. The van der Waals surface area contributed by atoms with Crippen LogP contribution >= 0.6 is 23.2 Å². The van der Waals surface area contributed by atoms with Crippen molar-refractivity contribution in [1.82, 2.24) is 0 Å². The van der Waals surface area contributed by atoms with Crippen LogP contribution in [0.2, 0.25) is 10.0 Å². The van der Waals surface area contributed by atoms with Gasteiger partial charge in [0, 0.05) is 16.3 Å². The molecule has 0 spiro atoms. The fourth-order valence-electron chi connectivity index (χ4n) is 1.72. The van der Waals surface area contributed by atoms with Gasteiger partial charge in [0.2, 0.25) is 0 Å². The summed E-state index contributed by atoms with van der Waals surface area (Å²) in [5.74, 6) is 0.159. The van der Waals surface area contributed by atoms with E-state index in [1.165, 1.54) is 13.2 Å². The zero-order valence-electron chi connectivity index (χ0n) is 10.1. The van der Waals surface area contributed by atoms with Gasteiger partial charge in [0.25, 0.3) is 0 Å². The summed E-state index contributed by atoms with van der Waals surface area (Å²) in [6.07, 6.45) is 0. The molecule has 0 saturated carbocycles. The van der Waals surface area contributed by atoms with Gasteiger partial charge in [-0.25, -0.2) is 0 Å². The molecule has 0 heterocycles. The number of halogens is 2. The number of hydrogen-bond donors (Lipinski definition) is 1. The highest BCUT2D eigenvalue weighted by molar-refractivity contribution is 6.37. The number of nitrogens with two attached hydrogens (primary N) is 1. The maximum Gasteiger partial charge on any atom is 0.198 e. The van der Waals surface area contributed by atoms with Gasteiger partial charge in [0.15, 0.2) is 5.78 Å². The van der Waals surface area contributed by atoms with Crippen LogP contribution in [0.5, 0.6) is 5.75 Å². The van der Waals surface area contributed by atoms with Crippen LogP contribution in [0.1, 0.15) is 15.9 Å². The fourth-order valence-corrected chi connectivity index (χ4v) is 2.10. The number of ether oxygens (including phenoxy) is 1. The second-order valence-electron chi connectivity index (χ2n) is 3.91. The zero-order valence-corrected chi connectivity index (χ0v) is 11.6. The maximum absolute atomic E-state index is 12.5. The Morgan fingerprint density at radius 1 is 1.11 bits per heavy atom. The van der Waals surface area contributed by atoms with Crippen molar-refractivity contribution in [3.05, 3.63) is 57.6 Å². The summed E-state index contributed by atoms with van der Waals surface area (Å²) in [6.45, 7) is 0. The first kappa shape index (κ1) is 13.7. The molecule has 0 bridgehead atoms. The molecule has 98 valence electrons. The van der Waals surface area contributed by atoms with Gasteiger partial charge in [0.05, 0.1) is 17.7 Å². The molecule has 0 atom stereocenters. The van der Waals surface area contributed by atoms with Gasteiger partial charge in [-0.15, -0.1) is 0 Å². The van der Waals surface area contributed by atoms with E-state index in [9.17, 15) is 4.79 Å². The van der Waals surface area contributed by atoms with E-state index in [0.29, 0.717) is 32.6 Å². The summed E-state index contributed by atoms with van der Waals surface area (Å²) in [7, 11) is 1.49. The van der Waals surface area contributed by atoms with Gasteiger partial charge in [0.1, 0.15) is 5.75 Å². The molecule has 2 aromatic carbocycles. The average molecular weight is 296 g/mol. The third-order valence-corrected chi connectivity index (χ3v) is 3.21. The summed E-state index contributed by atoms with van der Waals surface area (Å²) in [4.78, 5) is 12.5. The summed E-state index contributed by atoms with van der Waals surface area (Å²) >= 11 is 11.9. The molecule has 2 aromatic rings. The molecule has 2 N–H and O–H groups in total. The number of anilines is 1. The Hall–Kier alpha value is -1.71. The van der Waals surface area contributed by atoms with Crippen molar-refractivity contribution in [2.24, 2.45) is 0 Å². The lowest BCUT2D eigenvalue weighted by Crippen LogP contribution is -2.05. The van der Waals surface area contributed by atoms with Gasteiger partial charge >= 0.3 is 0 Å². The number of hydrogen-bond acceptors (Lipinski definition) is 3. The van der Waals surface area contributed by atoms with Crippen molar-refractivity contribution in [2.45, 2.75) is 0 Å². The van der Waals surface area contributed by atoms with E-state index in [1.54, 1.807) is 30.3 Å². The molecule has 0 fully saturated rings. The first-order chi connectivity index (χ1) is 9.02.